The van der Waals surface area contributed by atoms with E-state index in [1.165, 1.54) is 19.4 Å². The monoisotopic (exact) mass is 864 g/mol. The van der Waals surface area contributed by atoms with Gasteiger partial charge < -0.3 is 59.1 Å². The molecule has 2 heterocycles. The molecule has 0 bridgehead atoms. The highest BCUT2D eigenvalue weighted by Crippen LogP contribution is 2.76. The number of hydrogen-bond acceptors (Lipinski definition) is 15. The molecule has 0 aromatic rings. The number of ether oxygens (including phenoxy) is 6. The molecule has 4 saturated carbocycles. The van der Waals surface area contributed by atoms with Crippen molar-refractivity contribution in [2.24, 2.45) is 50.2 Å². The molecule has 5 aliphatic carbocycles. The van der Waals surface area contributed by atoms with Crippen molar-refractivity contribution in [2.45, 2.75) is 201 Å². The van der Waals surface area contributed by atoms with Crippen molar-refractivity contribution in [3.63, 3.8) is 0 Å². The molecule has 21 unspecified atom stereocenters. The van der Waals surface area contributed by atoms with Crippen LogP contribution in [-0.2, 0) is 42.8 Å². The third-order valence-corrected chi connectivity index (χ3v) is 18.2. The number of rotatable bonds is 7. The number of allylic oxidation sites excluding steroid dienone is 2. The van der Waals surface area contributed by atoms with Crippen molar-refractivity contribution in [3.05, 3.63) is 11.6 Å². The fourth-order valence-corrected chi connectivity index (χ4v) is 13.9. The molecule has 6 fully saturated rings. The van der Waals surface area contributed by atoms with Gasteiger partial charge in [0.2, 0.25) is 6.29 Å². The minimum Gasteiger partial charge on any atom is -0.456 e. The summed E-state index contributed by atoms with van der Waals surface area (Å²) in [4.78, 5) is 38.0. The SMILES string of the molecule is CC(=O)OC1C(C)OC(OCC2(C)C(O)CC(O)C3(C)C2CCC2(C)C3CC=C3C4CC(C)(C(=O)OC5OC(C)C(O)C(O)C5O)CCC4(C)CCC32C)C(O)C1OC(C)=O. The summed E-state index contributed by atoms with van der Waals surface area (Å²) in [6.07, 6.45) is -5.55. The van der Waals surface area contributed by atoms with E-state index in [0.717, 1.165) is 25.7 Å². The molecule has 0 aromatic carbocycles. The molecule has 0 amide bonds. The molecule has 61 heavy (non-hydrogen) atoms. The van der Waals surface area contributed by atoms with Crippen LogP contribution >= 0.6 is 0 Å². The quantitative estimate of drug-likeness (QED) is 0.122. The average molecular weight is 865 g/mol. The summed E-state index contributed by atoms with van der Waals surface area (Å²) in [5.74, 6) is -1.86. The van der Waals surface area contributed by atoms with Gasteiger partial charge in [0.15, 0.2) is 18.5 Å². The third kappa shape index (κ3) is 7.32. The Morgan fingerprint density at radius 3 is 1.98 bits per heavy atom. The maximum absolute atomic E-state index is 14.1. The number of fused-ring (bicyclic) bond motifs is 7. The minimum absolute atomic E-state index is 0.0150. The van der Waals surface area contributed by atoms with Crippen molar-refractivity contribution in [1.82, 2.24) is 0 Å². The Morgan fingerprint density at radius 2 is 1.33 bits per heavy atom. The predicted octanol–water partition coefficient (Wildman–Crippen LogP) is 3.46. The van der Waals surface area contributed by atoms with Gasteiger partial charge in [-0.3, -0.25) is 14.4 Å². The fraction of sp³-hybridized carbons (Fsp3) is 0.891. The summed E-state index contributed by atoms with van der Waals surface area (Å²) in [5, 5.41) is 66.7. The highest BCUT2D eigenvalue weighted by molar-refractivity contribution is 5.77. The maximum Gasteiger partial charge on any atom is 0.314 e. The van der Waals surface area contributed by atoms with Crippen LogP contribution in [0.2, 0.25) is 0 Å². The lowest BCUT2D eigenvalue weighted by Gasteiger charge is -2.72. The van der Waals surface area contributed by atoms with Gasteiger partial charge in [-0.1, -0.05) is 46.3 Å². The first kappa shape index (κ1) is 46.8. The van der Waals surface area contributed by atoms with E-state index in [4.69, 9.17) is 28.4 Å². The Balaban J connectivity index is 1.13. The first-order valence-electron chi connectivity index (χ1n) is 22.5. The zero-order chi connectivity index (χ0) is 45.0. The highest BCUT2D eigenvalue weighted by Gasteiger charge is 2.71. The predicted molar refractivity (Wildman–Crippen MR) is 217 cm³/mol. The van der Waals surface area contributed by atoms with Gasteiger partial charge in [-0.25, -0.2) is 0 Å². The van der Waals surface area contributed by atoms with Gasteiger partial charge in [0, 0.05) is 31.1 Å². The van der Waals surface area contributed by atoms with Gasteiger partial charge in [0.25, 0.3) is 0 Å². The molecule has 346 valence electrons. The summed E-state index contributed by atoms with van der Waals surface area (Å²) >= 11 is 0. The zero-order valence-electron chi connectivity index (χ0n) is 37.7. The van der Waals surface area contributed by atoms with Gasteiger partial charge in [0.05, 0.1) is 36.4 Å². The average Bonchev–Trinajstić information content (AvgIpc) is 3.18. The Morgan fingerprint density at radius 1 is 0.705 bits per heavy atom. The second kappa shape index (κ2) is 16.0. The first-order valence-corrected chi connectivity index (χ1v) is 22.5. The summed E-state index contributed by atoms with van der Waals surface area (Å²) in [7, 11) is 0. The lowest BCUT2D eigenvalue weighted by Crippen LogP contribution is -2.69. The summed E-state index contributed by atoms with van der Waals surface area (Å²) in [6.45, 7) is 18.8. The van der Waals surface area contributed by atoms with Crippen LogP contribution in [0.25, 0.3) is 0 Å². The van der Waals surface area contributed by atoms with Crippen LogP contribution in [0, 0.1) is 50.2 Å². The molecule has 21 atom stereocenters. The Bertz CT molecular complexity index is 1740. The van der Waals surface area contributed by atoms with Gasteiger partial charge in [0.1, 0.15) is 24.4 Å². The van der Waals surface area contributed by atoms with Crippen LogP contribution in [0.1, 0.15) is 127 Å². The number of carbonyl (C=O) groups is 3. The number of carbonyl (C=O) groups excluding carboxylic acids is 3. The first-order chi connectivity index (χ1) is 28.3. The van der Waals surface area contributed by atoms with E-state index in [2.05, 4.69) is 33.8 Å². The minimum atomic E-state index is -1.58. The second-order valence-electron chi connectivity index (χ2n) is 21.6. The molecular formula is C46H72O15. The van der Waals surface area contributed by atoms with Crippen LogP contribution < -0.4 is 0 Å². The standard InChI is InChI=1S/C46H72O15/c1-22-32(51)33(52)34(53)39(57-22)61-40(55)42(6)16-15-41(5)17-18-44(8)26(27(41)20-42)11-12-29-45(44,9)14-13-28-43(7,30(49)19-31(50)46(28,29)10)21-56-38-35(54)37(60-25(4)48)36(23(2)58-38)59-24(3)47/h11,22-23,27-39,49-54H,12-21H2,1-10H3. The molecule has 0 radical (unpaired) electrons. The second-order valence-corrected chi connectivity index (χ2v) is 21.6. The van der Waals surface area contributed by atoms with E-state index in [9.17, 15) is 45.0 Å². The smallest absolute Gasteiger partial charge is 0.314 e. The number of aliphatic hydroxyl groups is 6. The maximum atomic E-state index is 14.1. The molecule has 7 aliphatic rings. The number of aliphatic hydroxyl groups excluding tert-OH is 6. The van der Waals surface area contributed by atoms with Crippen molar-refractivity contribution >= 4 is 17.9 Å². The van der Waals surface area contributed by atoms with Crippen LogP contribution in [0.5, 0.6) is 0 Å². The van der Waals surface area contributed by atoms with Gasteiger partial charge >= 0.3 is 17.9 Å². The highest BCUT2D eigenvalue weighted by atomic mass is 16.7. The molecule has 0 spiro atoms. The topological polar surface area (TPSA) is 228 Å². The fourth-order valence-electron chi connectivity index (χ4n) is 13.9. The van der Waals surface area contributed by atoms with Crippen molar-refractivity contribution < 1.29 is 73.4 Å². The molecule has 15 heteroatoms. The van der Waals surface area contributed by atoms with Crippen LogP contribution in [0.15, 0.2) is 11.6 Å². The van der Waals surface area contributed by atoms with Gasteiger partial charge in [-0.2, -0.15) is 0 Å². The molecule has 15 nitrogen and oxygen atoms in total. The molecule has 2 aliphatic heterocycles. The molecule has 6 N–H and O–H groups in total. The van der Waals surface area contributed by atoms with Crippen LogP contribution in [-0.4, -0.2) is 129 Å². The largest absolute Gasteiger partial charge is 0.456 e. The van der Waals surface area contributed by atoms with E-state index in [-0.39, 0.29) is 47.0 Å². The normalized spacial score (nSPS) is 53.2. The van der Waals surface area contributed by atoms with E-state index < -0.39 is 108 Å². The zero-order valence-corrected chi connectivity index (χ0v) is 37.7. The van der Waals surface area contributed by atoms with E-state index in [0.29, 0.717) is 25.7 Å². The summed E-state index contributed by atoms with van der Waals surface area (Å²) in [5.41, 5.74) is -1.61. The van der Waals surface area contributed by atoms with Crippen LogP contribution in [0.3, 0.4) is 0 Å². The van der Waals surface area contributed by atoms with Gasteiger partial charge in [-0.05, 0) is 106 Å². The summed E-state index contributed by atoms with van der Waals surface area (Å²) in [6, 6.07) is 0. The molecule has 0 aromatic heterocycles. The van der Waals surface area contributed by atoms with E-state index >= 15 is 0 Å². The van der Waals surface area contributed by atoms with Crippen LogP contribution in [0.4, 0.5) is 0 Å². The number of hydrogen-bond donors (Lipinski definition) is 6. The van der Waals surface area contributed by atoms with Crippen molar-refractivity contribution in [2.75, 3.05) is 6.61 Å². The Kier molecular flexibility index (Phi) is 12.3. The van der Waals surface area contributed by atoms with E-state index in [1.54, 1.807) is 13.8 Å². The Labute approximate surface area is 359 Å². The van der Waals surface area contributed by atoms with Crippen molar-refractivity contribution in [1.29, 1.82) is 0 Å². The number of esters is 3. The van der Waals surface area contributed by atoms with E-state index in [1.807, 2.05) is 13.8 Å². The molecule has 2 saturated heterocycles. The lowest BCUT2D eigenvalue weighted by atomic mass is 9.33. The molecule has 7 rings (SSSR count). The molecular weight excluding hydrogens is 792 g/mol. The third-order valence-electron chi connectivity index (χ3n) is 18.2. The van der Waals surface area contributed by atoms with Gasteiger partial charge in [-0.15, -0.1) is 0 Å². The lowest BCUT2D eigenvalue weighted by molar-refractivity contribution is -0.316. The Hall–Kier alpha value is -2.21. The van der Waals surface area contributed by atoms with Crippen molar-refractivity contribution in [3.8, 4) is 0 Å². The summed E-state index contributed by atoms with van der Waals surface area (Å²) < 4.78 is 34.7.